The van der Waals surface area contributed by atoms with Gasteiger partial charge in [-0.15, -0.1) is 0 Å². The number of allylic oxidation sites excluding steroid dienone is 3. The highest BCUT2D eigenvalue weighted by Crippen LogP contribution is 2.24. The predicted octanol–water partition coefficient (Wildman–Crippen LogP) is 3.57. The van der Waals surface area contributed by atoms with Gasteiger partial charge in [0.25, 0.3) is 0 Å². The topological polar surface area (TPSA) is 25.8 Å². The fraction of sp³-hybridized carbons (Fsp3) is 0.385. The van der Waals surface area contributed by atoms with E-state index in [-0.39, 0.29) is 0 Å². The number of aromatic nitrogens is 2. The lowest BCUT2D eigenvalue weighted by atomic mass is 9.96. The number of nitrogens with zero attached hydrogens (tertiary/aromatic N) is 2. The van der Waals surface area contributed by atoms with Crippen molar-refractivity contribution in [1.82, 2.24) is 9.97 Å². The average molecular weight is 202 g/mol. The monoisotopic (exact) mass is 202 g/mol. The molecule has 0 fully saturated rings. The second kappa shape index (κ2) is 5.44. The smallest absolute Gasteiger partial charge is 0.116 e. The Labute approximate surface area is 91.8 Å². The Bertz CT molecular complexity index is 376. The van der Waals surface area contributed by atoms with Gasteiger partial charge in [-0.3, -0.25) is 0 Å². The molecule has 1 rings (SSSR count). The summed E-state index contributed by atoms with van der Waals surface area (Å²) in [5.74, 6) is 0.480. The van der Waals surface area contributed by atoms with Crippen molar-refractivity contribution in [2.45, 2.75) is 27.7 Å². The van der Waals surface area contributed by atoms with Crippen LogP contribution in [0.3, 0.4) is 0 Å². The first kappa shape index (κ1) is 11.6. The van der Waals surface area contributed by atoms with Crippen LogP contribution in [-0.4, -0.2) is 9.97 Å². The molecule has 0 aromatic carbocycles. The van der Waals surface area contributed by atoms with Crippen LogP contribution in [0.15, 0.2) is 24.7 Å². The average Bonchev–Trinajstić information content (AvgIpc) is 2.21. The van der Waals surface area contributed by atoms with Crippen molar-refractivity contribution in [3.63, 3.8) is 0 Å². The van der Waals surface area contributed by atoms with Gasteiger partial charge in [0.2, 0.25) is 0 Å². The Morgan fingerprint density at radius 1 is 1.33 bits per heavy atom. The maximum absolute atomic E-state index is 4.36. The van der Waals surface area contributed by atoms with Crippen LogP contribution in [0.5, 0.6) is 0 Å². The summed E-state index contributed by atoms with van der Waals surface area (Å²) in [4.78, 5) is 8.41. The number of hydrogen-bond donors (Lipinski definition) is 0. The van der Waals surface area contributed by atoms with Crippen molar-refractivity contribution < 1.29 is 0 Å². The molecule has 0 amide bonds. The van der Waals surface area contributed by atoms with Gasteiger partial charge in [-0.1, -0.05) is 32.1 Å². The molecule has 0 saturated carbocycles. The van der Waals surface area contributed by atoms with Gasteiger partial charge in [0.05, 0.1) is 5.69 Å². The molecule has 1 heterocycles. The van der Waals surface area contributed by atoms with Crippen LogP contribution >= 0.6 is 0 Å². The molecular weight excluding hydrogens is 184 g/mol. The van der Waals surface area contributed by atoms with E-state index in [0.29, 0.717) is 5.92 Å². The summed E-state index contributed by atoms with van der Waals surface area (Å²) in [6, 6.07) is 0. The van der Waals surface area contributed by atoms with Gasteiger partial charge in [-0.2, -0.15) is 0 Å². The highest BCUT2D eigenvalue weighted by atomic mass is 14.8. The number of hydrogen-bond acceptors (Lipinski definition) is 2. The highest BCUT2D eigenvalue weighted by Gasteiger charge is 2.09. The molecule has 0 N–H and O–H groups in total. The van der Waals surface area contributed by atoms with E-state index < -0.39 is 0 Å². The molecule has 2 nitrogen and oxygen atoms in total. The van der Waals surface area contributed by atoms with Crippen LogP contribution in [0, 0.1) is 5.92 Å². The molecule has 15 heavy (non-hydrogen) atoms. The van der Waals surface area contributed by atoms with E-state index >= 15 is 0 Å². The lowest BCUT2D eigenvalue weighted by molar-refractivity contribution is 0.844. The van der Waals surface area contributed by atoms with Gasteiger partial charge in [0, 0.05) is 11.8 Å². The van der Waals surface area contributed by atoms with Crippen molar-refractivity contribution in [3.8, 4) is 0 Å². The molecule has 0 radical (unpaired) electrons. The summed E-state index contributed by atoms with van der Waals surface area (Å²) in [5.41, 5.74) is 3.40. The van der Waals surface area contributed by atoms with Crippen LogP contribution in [0.2, 0.25) is 0 Å². The molecule has 0 saturated heterocycles. The molecule has 0 atom stereocenters. The highest BCUT2D eigenvalue weighted by molar-refractivity contribution is 5.71. The van der Waals surface area contributed by atoms with Gasteiger partial charge in [-0.25, -0.2) is 9.97 Å². The zero-order valence-electron chi connectivity index (χ0n) is 9.86. The molecule has 1 aromatic heterocycles. The summed E-state index contributed by atoms with van der Waals surface area (Å²) in [7, 11) is 0. The Morgan fingerprint density at radius 2 is 2.07 bits per heavy atom. The molecule has 0 aliphatic rings. The minimum Gasteiger partial charge on any atom is -0.244 e. The normalized spacial score (nSPS) is 12.7. The van der Waals surface area contributed by atoms with Gasteiger partial charge < -0.3 is 0 Å². The first-order valence-corrected chi connectivity index (χ1v) is 5.30. The SMILES string of the molecule is C/C=C\c1cncnc1/C(=C\C)C(C)C. The molecular formula is C13H18N2. The maximum Gasteiger partial charge on any atom is 0.116 e. The van der Waals surface area contributed by atoms with E-state index in [0.717, 1.165) is 11.3 Å². The Balaban J connectivity index is 3.23. The van der Waals surface area contributed by atoms with Crippen LogP contribution in [0.1, 0.15) is 39.0 Å². The van der Waals surface area contributed by atoms with Crippen molar-refractivity contribution in [1.29, 1.82) is 0 Å². The van der Waals surface area contributed by atoms with Crippen LogP contribution in [0.25, 0.3) is 11.6 Å². The third-order valence-corrected chi connectivity index (χ3v) is 2.29. The van der Waals surface area contributed by atoms with Crippen molar-refractivity contribution in [2.75, 3.05) is 0 Å². The molecule has 1 aromatic rings. The van der Waals surface area contributed by atoms with Crippen molar-refractivity contribution in [2.24, 2.45) is 5.92 Å². The van der Waals surface area contributed by atoms with Crippen LogP contribution in [-0.2, 0) is 0 Å². The summed E-state index contributed by atoms with van der Waals surface area (Å²) in [5, 5.41) is 0. The Kier molecular flexibility index (Phi) is 4.22. The third kappa shape index (κ3) is 2.75. The second-order valence-corrected chi connectivity index (χ2v) is 3.73. The second-order valence-electron chi connectivity index (χ2n) is 3.73. The maximum atomic E-state index is 4.36. The quantitative estimate of drug-likeness (QED) is 0.748. The molecule has 0 aliphatic carbocycles. The number of rotatable bonds is 3. The van der Waals surface area contributed by atoms with E-state index in [4.69, 9.17) is 0 Å². The van der Waals surface area contributed by atoms with Gasteiger partial charge in [0.1, 0.15) is 6.33 Å². The fourth-order valence-electron chi connectivity index (χ4n) is 1.63. The molecule has 0 aliphatic heterocycles. The zero-order valence-corrected chi connectivity index (χ0v) is 9.86. The van der Waals surface area contributed by atoms with Gasteiger partial charge in [0.15, 0.2) is 0 Å². The van der Waals surface area contributed by atoms with E-state index in [9.17, 15) is 0 Å². The summed E-state index contributed by atoms with van der Waals surface area (Å²) < 4.78 is 0. The summed E-state index contributed by atoms with van der Waals surface area (Å²) in [6.45, 7) is 8.41. The minimum atomic E-state index is 0.480. The minimum absolute atomic E-state index is 0.480. The Morgan fingerprint density at radius 3 is 2.60 bits per heavy atom. The lowest BCUT2D eigenvalue weighted by Gasteiger charge is -2.12. The van der Waals surface area contributed by atoms with Crippen LogP contribution < -0.4 is 0 Å². The van der Waals surface area contributed by atoms with Crippen LogP contribution in [0.4, 0.5) is 0 Å². The van der Waals surface area contributed by atoms with E-state index in [2.05, 4.69) is 36.8 Å². The molecule has 0 unspecified atom stereocenters. The molecule has 80 valence electrons. The first-order valence-electron chi connectivity index (χ1n) is 5.30. The van der Waals surface area contributed by atoms with Gasteiger partial charge >= 0.3 is 0 Å². The van der Waals surface area contributed by atoms with Gasteiger partial charge in [-0.05, 0) is 25.3 Å². The van der Waals surface area contributed by atoms with E-state index in [1.54, 1.807) is 6.33 Å². The lowest BCUT2D eigenvalue weighted by Crippen LogP contribution is -1.99. The molecule has 0 spiro atoms. The predicted molar refractivity (Wildman–Crippen MR) is 65.2 cm³/mol. The summed E-state index contributed by atoms with van der Waals surface area (Å²) in [6.07, 6.45) is 9.64. The zero-order chi connectivity index (χ0) is 11.3. The van der Waals surface area contributed by atoms with Crippen molar-refractivity contribution >= 4 is 11.6 Å². The largest absolute Gasteiger partial charge is 0.244 e. The standard InChI is InChI=1S/C13H18N2/c1-5-7-11-8-14-9-15-13(11)12(6-2)10(3)4/h5-10H,1-4H3/b7-5-,12-6-. The fourth-order valence-corrected chi connectivity index (χ4v) is 1.63. The third-order valence-electron chi connectivity index (χ3n) is 2.29. The Hall–Kier alpha value is -1.44. The van der Waals surface area contributed by atoms with E-state index in [1.807, 2.05) is 25.3 Å². The first-order chi connectivity index (χ1) is 7.20. The summed E-state index contributed by atoms with van der Waals surface area (Å²) >= 11 is 0. The van der Waals surface area contributed by atoms with E-state index in [1.165, 1.54) is 5.57 Å². The van der Waals surface area contributed by atoms with Crippen molar-refractivity contribution in [3.05, 3.63) is 35.9 Å². The molecule has 2 heteroatoms. The molecule has 0 bridgehead atoms.